The topological polar surface area (TPSA) is 98.6 Å². The van der Waals surface area contributed by atoms with E-state index >= 15 is 0 Å². The number of hydrogen-bond donors (Lipinski definition) is 1. The molecule has 9 heteroatoms. The van der Waals surface area contributed by atoms with E-state index in [0.29, 0.717) is 51.3 Å². The first kappa shape index (κ1) is 24.2. The standard InChI is InChI=1S/C27H33N5O4/c1-35-24-9-8-23(21-6-2-3-7-22(21)24)25(33)31-15-11-27(12-16-31)10-4-5-14-32-18-20(29-30-32)19-36-17-13-28-26(27)34/h2-3,6-9,18H,4-5,10-17,19H2,1H3,(H,28,34). The van der Waals surface area contributed by atoms with Gasteiger partial charge in [0.1, 0.15) is 11.4 Å². The normalized spacial score (nSPS) is 19.0. The van der Waals surface area contributed by atoms with Crippen LogP contribution in [0.15, 0.2) is 42.6 Å². The number of carbonyl (C=O) groups excluding carboxylic acids is 2. The molecule has 36 heavy (non-hydrogen) atoms. The van der Waals surface area contributed by atoms with Crippen LogP contribution in [-0.2, 0) is 22.7 Å². The number of likely N-dealkylation sites (tertiary alicyclic amines) is 1. The van der Waals surface area contributed by atoms with Gasteiger partial charge < -0.3 is 19.7 Å². The summed E-state index contributed by atoms with van der Waals surface area (Å²) in [4.78, 5) is 28.8. The third-order valence-electron chi connectivity index (χ3n) is 7.48. The maximum Gasteiger partial charge on any atom is 0.254 e. The summed E-state index contributed by atoms with van der Waals surface area (Å²) < 4.78 is 13.0. The summed E-state index contributed by atoms with van der Waals surface area (Å²) in [6.45, 7) is 3.13. The van der Waals surface area contributed by atoms with Crippen molar-refractivity contribution < 1.29 is 19.1 Å². The first-order valence-electron chi connectivity index (χ1n) is 12.7. The summed E-state index contributed by atoms with van der Waals surface area (Å²) in [6.07, 6.45) is 5.83. The van der Waals surface area contributed by atoms with Crippen LogP contribution >= 0.6 is 0 Å². The molecular formula is C27H33N5O4. The number of ether oxygens (including phenoxy) is 2. The van der Waals surface area contributed by atoms with E-state index in [1.165, 1.54) is 0 Å². The van der Waals surface area contributed by atoms with Crippen LogP contribution < -0.4 is 10.1 Å². The van der Waals surface area contributed by atoms with Crippen LogP contribution in [0.4, 0.5) is 0 Å². The fourth-order valence-electron chi connectivity index (χ4n) is 5.39. The second kappa shape index (κ2) is 10.7. The Kier molecular flexibility index (Phi) is 7.18. The second-order valence-electron chi connectivity index (χ2n) is 9.67. The Bertz CT molecular complexity index is 1230. The molecule has 9 nitrogen and oxygen atoms in total. The molecule has 5 rings (SSSR count). The van der Waals surface area contributed by atoms with Crippen molar-refractivity contribution in [3.8, 4) is 5.75 Å². The van der Waals surface area contributed by atoms with Crippen molar-refractivity contribution >= 4 is 22.6 Å². The lowest BCUT2D eigenvalue weighted by Crippen LogP contribution is -2.50. The molecule has 0 unspecified atom stereocenters. The number of nitrogens with zero attached hydrogens (tertiary/aromatic N) is 4. The minimum atomic E-state index is -0.476. The van der Waals surface area contributed by atoms with Gasteiger partial charge in [-0.05, 0) is 43.2 Å². The monoisotopic (exact) mass is 491 g/mol. The van der Waals surface area contributed by atoms with Gasteiger partial charge in [-0.15, -0.1) is 5.10 Å². The zero-order chi connectivity index (χ0) is 25.0. The quantitative estimate of drug-likeness (QED) is 0.591. The van der Waals surface area contributed by atoms with Crippen molar-refractivity contribution in [3.05, 3.63) is 53.9 Å². The number of hydrogen-bond acceptors (Lipinski definition) is 6. The minimum absolute atomic E-state index is 0.000360. The number of fused-ring (bicyclic) bond motifs is 3. The fraction of sp³-hybridized carbons (Fsp3) is 0.481. The molecule has 1 N–H and O–H groups in total. The van der Waals surface area contributed by atoms with E-state index in [2.05, 4.69) is 15.6 Å². The van der Waals surface area contributed by atoms with Gasteiger partial charge in [-0.3, -0.25) is 14.3 Å². The Morgan fingerprint density at radius 1 is 1.06 bits per heavy atom. The highest BCUT2D eigenvalue weighted by Gasteiger charge is 2.41. The first-order valence-corrected chi connectivity index (χ1v) is 12.7. The summed E-state index contributed by atoms with van der Waals surface area (Å²) in [5.41, 5.74) is 0.995. The third-order valence-corrected chi connectivity index (χ3v) is 7.48. The molecule has 1 saturated heterocycles. The van der Waals surface area contributed by atoms with Gasteiger partial charge in [0.05, 0.1) is 31.9 Å². The summed E-state index contributed by atoms with van der Waals surface area (Å²) in [5, 5.41) is 13.2. The lowest BCUT2D eigenvalue weighted by Gasteiger charge is -2.41. The van der Waals surface area contributed by atoms with Gasteiger partial charge in [-0.2, -0.15) is 0 Å². The van der Waals surface area contributed by atoms with Gasteiger partial charge in [0.15, 0.2) is 0 Å². The molecule has 190 valence electrons. The number of nitrogens with one attached hydrogen (secondary N) is 1. The number of aryl methyl sites for hydroxylation is 1. The number of piperidine rings is 1. The Balaban J connectivity index is 1.29. The van der Waals surface area contributed by atoms with E-state index in [4.69, 9.17) is 9.47 Å². The average molecular weight is 492 g/mol. The molecule has 2 aliphatic heterocycles. The highest BCUT2D eigenvalue weighted by atomic mass is 16.5. The smallest absolute Gasteiger partial charge is 0.254 e. The SMILES string of the molecule is COc1ccc(C(=O)N2CCC3(CCCCn4cc(nn4)COCCNC3=O)CC2)c2ccccc12. The van der Waals surface area contributed by atoms with Gasteiger partial charge in [0.2, 0.25) is 5.91 Å². The molecule has 1 aromatic heterocycles. The molecule has 3 aromatic rings. The van der Waals surface area contributed by atoms with Crippen LogP contribution in [0.2, 0.25) is 0 Å². The molecule has 0 radical (unpaired) electrons. The Morgan fingerprint density at radius 3 is 2.67 bits per heavy atom. The highest BCUT2D eigenvalue weighted by molar-refractivity contribution is 6.08. The summed E-state index contributed by atoms with van der Waals surface area (Å²) >= 11 is 0. The molecule has 2 aliphatic rings. The van der Waals surface area contributed by atoms with Crippen LogP contribution in [0.1, 0.15) is 48.2 Å². The lowest BCUT2D eigenvalue weighted by molar-refractivity contribution is -0.134. The molecule has 0 aliphatic carbocycles. The molecule has 3 heterocycles. The van der Waals surface area contributed by atoms with Crippen LogP contribution in [0, 0.1) is 5.41 Å². The van der Waals surface area contributed by atoms with Gasteiger partial charge >= 0.3 is 0 Å². The van der Waals surface area contributed by atoms with Crippen molar-refractivity contribution in [1.29, 1.82) is 0 Å². The van der Waals surface area contributed by atoms with Crippen molar-refractivity contribution in [2.75, 3.05) is 33.4 Å². The molecule has 2 aromatic carbocycles. The summed E-state index contributed by atoms with van der Waals surface area (Å²) in [7, 11) is 1.64. The van der Waals surface area contributed by atoms with Crippen molar-refractivity contribution in [1.82, 2.24) is 25.2 Å². The van der Waals surface area contributed by atoms with Crippen LogP contribution in [0.25, 0.3) is 10.8 Å². The number of methoxy groups -OCH3 is 1. The lowest BCUT2D eigenvalue weighted by atomic mass is 9.73. The van der Waals surface area contributed by atoms with E-state index in [0.717, 1.165) is 48.0 Å². The zero-order valence-corrected chi connectivity index (χ0v) is 20.7. The van der Waals surface area contributed by atoms with Gasteiger partial charge in [-0.1, -0.05) is 35.9 Å². The van der Waals surface area contributed by atoms with Gasteiger partial charge in [-0.25, -0.2) is 0 Å². The Labute approximate surface area is 210 Å². The number of benzene rings is 2. The van der Waals surface area contributed by atoms with Crippen LogP contribution in [-0.4, -0.2) is 65.1 Å². The van der Waals surface area contributed by atoms with Crippen molar-refractivity contribution in [3.63, 3.8) is 0 Å². The predicted molar refractivity (Wildman–Crippen MR) is 135 cm³/mol. The maximum atomic E-state index is 13.6. The van der Waals surface area contributed by atoms with Gasteiger partial charge in [0, 0.05) is 37.1 Å². The number of carbonyl (C=O) groups is 2. The minimum Gasteiger partial charge on any atom is -0.496 e. The molecule has 2 amide bonds. The van der Waals surface area contributed by atoms with E-state index in [-0.39, 0.29) is 11.8 Å². The predicted octanol–water partition coefficient (Wildman–Crippen LogP) is 3.18. The Morgan fingerprint density at radius 2 is 1.86 bits per heavy atom. The van der Waals surface area contributed by atoms with Gasteiger partial charge in [0.25, 0.3) is 5.91 Å². The van der Waals surface area contributed by atoms with E-state index < -0.39 is 5.41 Å². The molecule has 1 fully saturated rings. The average Bonchev–Trinajstić information content (AvgIpc) is 3.37. The van der Waals surface area contributed by atoms with E-state index in [1.54, 1.807) is 7.11 Å². The van der Waals surface area contributed by atoms with E-state index in [9.17, 15) is 9.59 Å². The number of aromatic nitrogens is 3. The molecule has 2 bridgehead atoms. The number of amides is 2. The first-order chi connectivity index (χ1) is 17.6. The largest absolute Gasteiger partial charge is 0.496 e. The third kappa shape index (κ3) is 4.93. The summed E-state index contributed by atoms with van der Waals surface area (Å²) in [6, 6.07) is 11.5. The maximum absolute atomic E-state index is 13.6. The second-order valence-corrected chi connectivity index (χ2v) is 9.67. The Hall–Kier alpha value is -3.46. The van der Waals surface area contributed by atoms with Crippen molar-refractivity contribution in [2.45, 2.75) is 45.3 Å². The number of rotatable bonds is 2. The molecule has 0 atom stereocenters. The van der Waals surface area contributed by atoms with Crippen LogP contribution in [0.3, 0.4) is 0 Å². The van der Waals surface area contributed by atoms with E-state index in [1.807, 2.05) is 52.2 Å². The molecule has 1 spiro atoms. The molecular weight excluding hydrogens is 458 g/mol. The fourth-order valence-corrected chi connectivity index (χ4v) is 5.39. The molecule has 0 saturated carbocycles. The summed E-state index contributed by atoms with van der Waals surface area (Å²) in [5.74, 6) is 0.824. The highest BCUT2D eigenvalue weighted by Crippen LogP contribution is 2.38. The van der Waals surface area contributed by atoms with Crippen LogP contribution in [0.5, 0.6) is 5.75 Å². The zero-order valence-electron chi connectivity index (χ0n) is 20.7. The van der Waals surface area contributed by atoms with Crippen molar-refractivity contribution in [2.24, 2.45) is 5.41 Å².